The molecule has 1 unspecified atom stereocenters. The van der Waals surface area contributed by atoms with Crippen LogP contribution in [0.25, 0.3) is 0 Å². The Bertz CT molecular complexity index is 280. The molecule has 0 N–H and O–H groups in total. The second-order valence-corrected chi connectivity index (χ2v) is 4.05. The van der Waals surface area contributed by atoms with Gasteiger partial charge >= 0.3 is 0 Å². The average Bonchev–Trinajstić information content (AvgIpc) is 2.65. The predicted molar refractivity (Wildman–Crippen MR) is 50.8 cm³/mol. The summed E-state index contributed by atoms with van der Waals surface area (Å²) in [6.07, 6.45) is 9.65. The fourth-order valence-corrected chi connectivity index (χ4v) is 2.65. The van der Waals surface area contributed by atoms with E-state index in [1.807, 2.05) is 0 Å². The van der Waals surface area contributed by atoms with Crippen molar-refractivity contribution in [3.63, 3.8) is 0 Å². The van der Waals surface area contributed by atoms with Crippen LogP contribution in [-0.2, 0) is 4.84 Å². The first kappa shape index (κ1) is 7.63. The van der Waals surface area contributed by atoms with Crippen LogP contribution in [0.1, 0.15) is 25.7 Å². The highest BCUT2D eigenvalue weighted by molar-refractivity contribution is 5.32. The van der Waals surface area contributed by atoms with Gasteiger partial charge in [-0.3, -0.25) is 9.90 Å². The van der Waals surface area contributed by atoms with E-state index in [1.165, 1.54) is 25.0 Å². The first-order valence-corrected chi connectivity index (χ1v) is 5.25. The predicted octanol–water partition coefficient (Wildman–Crippen LogP) is 2.25. The van der Waals surface area contributed by atoms with E-state index >= 15 is 0 Å². The lowest BCUT2D eigenvalue weighted by Gasteiger charge is -2.33. The maximum atomic E-state index is 5.55. The zero-order chi connectivity index (χ0) is 8.67. The Morgan fingerprint density at radius 2 is 2.38 bits per heavy atom. The molecule has 2 aliphatic heterocycles. The van der Waals surface area contributed by atoms with Crippen molar-refractivity contribution in [1.82, 2.24) is 5.06 Å². The van der Waals surface area contributed by atoms with Gasteiger partial charge in [-0.25, -0.2) is 0 Å². The Morgan fingerprint density at radius 3 is 3.38 bits per heavy atom. The monoisotopic (exact) mass is 177 g/mol. The van der Waals surface area contributed by atoms with Crippen LogP contribution in [0.3, 0.4) is 0 Å². The van der Waals surface area contributed by atoms with Gasteiger partial charge in [0.1, 0.15) is 0 Å². The Hall–Kier alpha value is -0.760. The molecule has 0 aromatic heterocycles. The van der Waals surface area contributed by atoms with Crippen molar-refractivity contribution >= 4 is 0 Å². The molecule has 70 valence electrons. The van der Waals surface area contributed by atoms with Crippen molar-refractivity contribution in [2.75, 3.05) is 13.2 Å². The molecule has 2 nitrogen and oxygen atoms in total. The molecule has 0 spiro atoms. The largest absolute Gasteiger partial charge is 0.273 e. The Balaban J connectivity index is 2.03. The molecule has 13 heavy (non-hydrogen) atoms. The van der Waals surface area contributed by atoms with E-state index < -0.39 is 0 Å². The SMILES string of the molecule is C1=CC2=C3CCON3CCC2CC1. The summed E-state index contributed by atoms with van der Waals surface area (Å²) in [5, 5.41) is 2.11. The molecule has 2 heteroatoms. The van der Waals surface area contributed by atoms with Crippen molar-refractivity contribution in [1.29, 1.82) is 0 Å². The van der Waals surface area contributed by atoms with Crippen LogP contribution in [-0.4, -0.2) is 18.2 Å². The van der Waals surface area contributed by atoms with Gasteiger partial charge in [0.15, 0.2) is 0 Å². The van der Waals surface area contributed by atoms with Gasteiger partial charge in [0.2, 0.25) is 0 Å². The minimum atomic E-state index is 0.831. The van der Waals surface area contributed by atoms with E-state index in [-0.39, 0.29) is 0 Å². The lowest BCUT2D eigenvalue weighted by Crippen LogP contribution is -2.28. The van der Waals surface area contributed by atoms with E-state index in [2.05, 4.69) is 17.2 Å². The van der Waals surface area contributed by atoms with Crippen LogP contribution in [0.5, 0.6) is 0 Å². The van der Waals surface area contributed by atoms with Crippen molar-refractivity contribution in [2.24, 2.45) is 5.92 Å². The molecular weight excluding hydrogens is 162 g/mol. The first-order chi connectivity index (χ1) is 6.45. The average molecular weight is 177 g/mol. The molecule has 1 fully saturated rings. The van der Waals surface area contributed by atoms with Crippen molar-refractivity contribution in [2.45, 2.75) is 25.7 Å². The fourth-order valence-electron chi connectivity index (χ4n) is 2.65. The maximum absolute atomic E-state index is 5.55. The lowest BCUT2D eigenvalue weighted by atomic mass is 9.83. The van der Waals surface area contributed by atoms with Gasteiger partial charge in [0.25, 0.3) is 0 Å². The standard InChI is InChI=1S/C11H15NO/c1-2-4-10-9(3-1)5-7-12-11(10)6-8-13-12/h2,4,9H,1,3,5-8H2. The van der Waals surface area contributed by atoms with Gasteiger partial charge in [-0.05, 0) is 30.8 Å². The number of rotatable bonds is 0. The number of hydroxylamine groups is 2. The Kier molecular flexibility index (Phi) is 1.69. The molecule has 0 aromatic rings. The normalized spacial score (nSPS) is 32.0. The summed E-state index contributed by atoms with van der Waals surface area (Å²) in [6.45, 7) is 2.00. The van der Waals surface area contributed by atoms with Crippen LogP contribution in [0.4, 0.5) is 0 Å². The third-order valence-corrected chi connectivity index (χ3v) is 3.32. The highest BCUT2D eigenvalue weighted by atomic mass is 16.7. The second kappa shape index (κ2) is 2.88. The molecule has 3 aliphatic rings. The van der Waals surface area contributed by atoms with E-state index in [9.17, 15) is 0 Å². The van der Waals surface area contributed by atoms with Gasteiger partial charge in [-0.2, -0.15) is 0 Å². The van der Waals surface area contributed by atoms with E-state index in [0.29, 0.717) is 0 Å². The molecule has 1 aliphatic carbocycles. The van der Waals surface area contributed by atoms with Crippen LogP contribution in [0.15, 0.2) is 23.4 Å². The second-order valence-electron chi connectivity index (χ2n) is 4.05. The summed E-state index contributed by atoms with van der Waals surface area (Å²) in [7, 11) is 0. The molecule has 1 atom stereocenters. The highest BCUT2D eigenvalue weighted by Gasteiger charge is 2.30. The lowest BCUT2D eigenvalue weighted by molar-refractivity contribution is -0.0984. The molecule has 1 saturated heterocycles. The van der Waals surface area contributed by atoms with E-state index in [1.54, 1.807) is 5.57 Å². The number of allylic oxidation sites excluding steroid dienone is 3. The quantitative estimate of drug-likeness (QED) is 0.562. The van der Waals surface area contributed by atoms with Gasteiger partial charge < -0.3 is 0 Å². The van der Waals surface area contributed by atoms with Crippen molar-refractivity contribution in [3.8, 4) is 0 Å². The van der Waals surface area contributed by atoms with Gasteiger partial charge in [-0.15, -0.1) is 0 Å². The molecule has 0 saturated carbocycles. The zero-order valence-corrected chi connectivity index (χ0v) is 7.83. The first-order valence-electron chi connectivity index (χ1n) is 5.25. The zero-order valence-electron chi connectivity index (χ0n) is 7.83. The Morgan fingerprint density at radius 1 is 1.38 bits per heavy atom. The molecule has 0 aromatic carbocycles. The van der Waals surface area contributed by atoms with Crippen LogP contribution in [0, 0.1) is 5.92 Å². The number of hydrogen-bond acceptors (Lipinski definition) is 2. The third kappa shape index (κ3) is 1.12. The maximum Gasteiger partial charge on any atom is 0.0804 e. The topological polar surface area (TPSA) is 12.5 Å². The molecule has 0 bridgehead atoms. The highest BCUT2D eigenvalue weighted by Crippen LogP contribution is 2.38. The summed E-state index contributed by atoms with van der Waals surface area (Å²) in [4.78, 5) is 5.55. The summed E-state index contributed by atoms with van der Waals surface area (Å²) >= 11 is 0. The number of nitrogens with zero attached hydrogens (tertiary/aromatic N) is 1. The minimum Gasteiger partial charge on any atom is -0.273 e. The fraction of sp³-hybridized carbons (Fsp3) is 0.636. The van der Waals surface area contributed by atoms with Crippen molar-refractivity contribution in [3.05, 3.63) is 23.4 Å². The van der Waals surface area contributed by atoms with Gasteiger partial charge in [0.05, 0.1) is 6.61 Å². The molecule has 0 radical (unpaired) electrons. The smallest absolute Gasteiger partial charge is 0.0804 e. The van der Waals surface area contributed by atoms with E-state index in [0.717, 1.165) is 25.5 Å². The van der Waals surface area contributed by atoms with Gasteiger partial charge in [0, 0.05) is 18.7 Å². The number of fused-ring (bicyclic) bond motifs is 2. The summed E-state index contributed by atoms with van der Waals surface area (Å²) in [5.74, 6) is 0.831. The van der Waals surface area contributed by atoms with Crippen molar-refractivity contribution < 1.29 is 4.84 Å². The number of hydrogen-bond donors (Lipinski definition) is 0. The minimum absolute atomic E-state index is 0.831. The molecule has 0 amide bonds. The Labute approximate surface area is 78.8 Å². The summed E-state index contributed by atoms with van der Waals surface area (Å²) < 4.78 is 0. The molecule has 2 heterocycles. The summed E-state index contributed by atoms with van der Waals surface area (Å²) in [6, 6.07) is 0. The third-order valence-electron chi connectivity index (χ3n) is 3.32. The van der Waals surface area contributed by atoms with E-state index in [4.69, 9.17) is 4.84 Å². The van der Waals surface area contributed by atoms with Crippen LogP contribution in [0.2, 0.25) is 0 Å². The molecule has 3 rings (SSSR count). The van der Waals surface area contributed by atoms with Crippen LogP contribution >= 0.6 is 0 Å². The van der Waals surface area contributed by atoms with Crippen LogP contribution < -0.4 is 0 Å². The van der Waals surface area contributed by atoms with Gasteiger partial charge in [-0.1, -0.05) is 12.2 Å². The summed E-state index contributed by atoms with van der Waals surface area (Å²) in [5.41, 5.74) is 3.03. The molecular formula is C11H15NO.